The van der Waals surface area contributed by atoms with Gasteiger partial charge in [0.15, 0.2) is 5.65 Å². The summed E-state index contributed by atoms with van der Waals surface area (Å²) in [7, 11) is 3.38. The number of aromatic nitrogens is 4. The standard InChI is InChI=1S/C20H27N5O2/c1-7-15(11-26-5)23-19-18-13(3)24-25(20(18)22-14(4)21-19)17-9-8-16(27-6)10-12(17)2/h8-10,15H,7,11H2,1-6H3,(H,21,22,23)/t15-/m1/s1. The summed E-state index contributed by atoms with van der Waals surface area (Å²) in [6, 6.07) is 6.11. The van der Waals surface area contributed by atoms with Crippen molar-refractivity contribution in [1.29, 1.82) is 0 Å². The van der Waals surface area contributed by atoms with Crippen molar-refractivity contribution >= 4 is 16.9 Å². The first-order valence-electron chi connectivity index (χ1n) is 9.12. The van der Waals surface area contributed by atoms with Crippen LogP contribution >= 0.6 is 0 Å². The van der Waals surface area contributed by atoms with Crippen LogP contribution in [-0.4, -0.2) is 46.6 Å². The molecule has 0 unspecified atom stereocenters. The second-order valence-corrected chi connectivity index (χ2v) is 6.67. The van der Waals surface area contributed by atoms with Crippen molar-refractivity contribution in [3.8, 4) is 11.4 Å². The maximum Gasteiger partial charge on any atom is 0.168 e. The lowest BCUT2D eigenvalue weighted by atomic mass is 10.2. The highest BCUT2D eigenvalue weighted by molar-refractivity contribution is 5.90. The molecule has 1 atom stereocenters. The predicted molar refractivity (Wildman–Crippen MR) is 107 cm³/mol. The van der Waals surface area contributed by atoms with Gasteiger partial charge >= 0.3 is 0 Å². The lowest BCUT2D eigenvalue weighted by molar-refractivity contribution is 0.184. The molecule has 1 aromatic carbocycles. The highest BCUT2D eigenvalue weighted by Crippen LogP contribution is 2.29. The Morgan fingerprint density at radius 1 is 1.15 bits per heavy atom. The maximum atomic E-state index is 5.32. The Bertz CT molecular complexity index is 951. The van der Waals surface area contributed by atoms with Gasteiger partial charge in [-0.05, 0) is 51.0 Å². The number of fused-ring (bicyclic) bond motifs is 1. The van der Waals surface area contributed by atoms with Crippen LogP contribution in [0.2, 0.25) is 0 Å². The molecular formula is C20H27N5O2. The predicted octanol–water partition coefficient (Wildman–Crippen LogP) is 3.59. The first-order chi connectivity index (χ1) is 13.0. The van der Waals surface area contributed by atoms with Crippen molar-refractivity contribution in [3.63, 3.8) is 0 Å². The zero-order chi connectivity index (χ0) is 19.6. The van der Waals surface area contributed by atoms with Gasteiger partial charge in [0, 0.05) is 7.11 Å². The fourth-order valence-electron chi connectivity index (χ4n) is 3.21. The SMILES string of the molecule is CC[C@H](COC)Nc1nc(C)nc2c1c(C)nn2-c1ccc(OC)cc1C. The number of nitrogens with zero attached hydrogens (tertiary/aromatic N) is 4. The number of benzene rings is 1. The van der Waals surface area contributed by atoms with Crippen molar-refractivity contribution in [2.24, 2.45) is 0 Å². The van der Waals surface area contributed by atoms with E-state index >= 15 is 0 Å². The van der Waals surface area contributed by atoms with E-state index in [-0.39, 0.29) is 6.04 Å². The Kier molecular flexibility index (Phi) is 5.60. The minimum atomic E-state index is 0.179. The number of ether oxygens (including phenoxy) is 2. The van der Waals surface area contributed by atoms with Crippen LogP contribution in [-0.2, 0) is 4.74 Å². The summed E-state index contributed by atoms with van der Waals surface area (Å²) in [5.41, 5.74) is 3.72. The Balaban J connectivity index is 2.15. The van der Waals surface area contributed by atoms with Crippen molar-refractivity contribution in [3.05, 3.63) is 35.3 Å². The average Bonchev–Trinajstić information content (AvgIpc) is 2.97. The normalized spacial score (nSPS) is 12.4. The Morgan fingerprint density at radius 3 is 2.56 bits per heavy atom. The molecule has 0 saturated heterocycles. The third-order valence-corrected chi connectivity index (χ3v) is 4.65. The second kappa shape index (κ2) is 7.92. The van der Waals surface area contributed by atoms with Crippen LogP contribution in [0.15, 0.2) is 18.2 Å². The zero-order valence-corrected chi connectivity index (χ0v) is 16.8. The minimum Gasteiger partial charge on any atom is -0.497 e. The van der Waals surface area contributed by atoms with Gasteiger partial charge in [-0.25, -0.2) is 14.6 Å². The lowest BCUT2D eigenvalue weighted by Crippen LogP contribution is -2.24. The van der Waals surface area contributed by atoms with Crippen molar-refractivity contribution in [2.45, 2.75) is 40.2 Å². The molecule has 3 rings (SSSR count). The van der Waals surface area contributed by atoms with Crippen LogP contribution in [0, 0.1) is 20.8 Å². The van der Waals surface area contributed by atoms with Crippen LogP contribution in [0.25, 0.3) is 16.7 Å². The smallest absolute Gasteiger partial charge is 0.168 e. The molecule has 2 heterocycles. The average molecular weight is 369 g/mol. The molecule has 3 aromatic rings. The molecule has 7 nitrogen and oxygen atoms in total. The summed E-state index contributed by atoms with van der Waals surface area (Å²) >= 11 is 0. The van der Waals surface area contributed by atoms with Crippen LogP contribution in [0.3, 0.4) is 0 Å². The van der Waals surface area contributed by atoms with Gasteiger partial charge in [0.05, 0.1) is 36.5 Å². The minimum absolute atomic E-state index is 0.179. The maximum absolute atomic E-state index is 5.32. The van der Waals surface area contributed by atoms with Gasteiger partial charge in [-0.1, -0.05) is 6.92 Å². The Morgan fingerprint density at radius 2 is 1.93 bits per heavy atom. The molecule has 0 aliphatic heterocycles. The number of anilines is 1. The highest BCUT2D eigenvalue weighted by Gasteiger charge is 2.19. The first-order valence-corrected chi connectivity index (χ1v) is 9.12. The Hall–Kier alpha value is -2.67. The molecule has 0 amide bonds. The summed E-state index contributed by atoms with van der Waals surface area (Å²) in [6.07, 6.45) is 0.934. The summed E-state index contributed by atoms with van der Waals surface area (Å²) in [5.74, 6) is 2.32. The van der Waals surface area contributed by atoms with E-state index in [2.05, 4.69) is 22.2 Å². The van der Waals surface area contributed by atoms with E-state index in [1.165, 1.54) is 0 Å². The summed E-state index contributed by atoms with van der Waals surface area (Å²) < 4.78 is 12.5. The summed E-state index contributed by atoms with van der Waals surface area (Å²) in [4.78, 5) is 9.32. The van der Waals surface area contributed by atoms with E-state index < -0.39 is 0 Å². The monoisotopic (exact) mass is 369 g/mol. The molecular weight excluding hydrogens is 342 g/mol. The molecule has 7 heteroatoms. The molecule has 144 valence electrons. The quantitative estimate of drug-likeness (QED) is 0.686. The van der Waals surface area contributed by atoms with Crippen LogP contribution in [0.4, 0.5) is 5.82 Å². The fraction of sp³-hybridized carbons (Fsp3) is 0.450. The van der Waals surface area contributed by atoms with Gasteiger partial charge in [0.2, 0.25) is 0 Å². The number of hydrogen-bond acceptors (Lipinski definition) is 6. The molecule has 0 bridgehead atoms. The molecule has 0 spiro atoms. The molecule has 1 N–H and O–H groups in total. The van der Waals surface area contributed by atoms with E-state index in [0.29, 0.717) is 12.4 Å². The fourth-order valence-corrected chi connectivity index (χ4v) is 3.21. The van der Waals surface area contributed by atoms with Gasteiger partial charge in [0.25, 0.3) is 0 Å². The number of methoxy groups -OCH3 is 2. The van der Waals surface area contributed by atoms with Gasteiger partial charge < -0.3 is 14.8 Å². The molecule has 2 aromatic heterocycles. The number of rotatable bonds is 7. The van der Waals surface area contributed by atoms with Crippen molar-refractivity contribution in [1.82, 2.24) is 19.7 Å². The van der Waals surface area contributed by atoms with Gasteiger partial charge in [0.1, 0.15) is 17.4 Å². The van der Waals surface area contributed by atoms with E-state index in [4.69, 9.17) is 14.6 Å². The molecule has 0 aliphatic rings. The molecule has 0 saturated carbocycles. The van der Waals surface area contributed by atoms with Gasteiger partial charge in [-0.15, -0.1) is 0 Å². The third kappa shape index (κ3) is 3.73. The first kappa shape index (κ1) is 19.1. The third-order valence-electron chi connectivity index (χ3n) is 4.65. The summed E-state index contributed by atoms with van der Waals surface area (Å²) in [6.45, 7) is 8.67. The number of hydrogen-bond donors (Lipinski definition) is 1. The highest BCUT2D eigenvalue weighted by atomic mass is 16.5. The van der Waals surface area contributed by atoms with Crippen LogP contribution < -0.4 is 10.1 Å². The van der Waals surface area contributed by atoms with E-state index in [9.17, 15) is 0 Å². The molecule has 0 fully saturated rings. The zero-order valence-electron chi connectivity index (χ0n) is 16.8. The van der Waals surface area contributed by atoms with Gasteiger partial charge in [-0.3, -0.25) is 0 Å². The van der Waals surface area contributed by atoms with E-state index in [0.717, 1.165) is 46.0 Å². The van der Waals surface area contributed by atoms with Gasteiger partial charge in [-0.2, -0.15) is 5.10 Å². The largest absolute Gasteiger partial charge is 0.497 e. The molecule has 0 radical (unpaired) electrons. The van der Waals surface area contributed by atoms with Crippen LogP contribution in [0.1, 0.15) is 30.4 Å². The lowest BCUT2D eigenvalue weighted by Gasteiger charge is -2.17. The van der Waals surface area contributed by atoms with Crippen molar-refractivity contribution < 1.29 is 9.47 Å². The Labute approximate surface area is 159 Å². The summed E-state index contributed by atoms with van der Waals surface area (Å²) in [5, 5.41) is 9.20. The van der Waals surface area contributed by atoms with E-state index in [1.54, 1.807) is 14.2 Å². The van der Waals surface area contributed by atoms with Crippen molar-refractivity contribution in [2.75, 3.05) is 26.1 Å². The number of nitrogens with one attached hydrogen (secondary N) is 1. The van der Waals surface area contributed by atoms with E-state index in [1.807, 2.05) is 43.7 Å². The second-order valence-electron chi connectivity index (χ2n) is 6.67. The van der Waals surface area contributed by atoms with Crippen LogP contribution in [0.5, 0.6) is 5.75 Å². The number of aryl methyl sites for hydroxylation is 3. The topological polar surface area (TPSA) is 74.1 Å². The molecule has 27 heavy (non-hydrogen) atoms. The molecule has 0 aliphatic carbocycles.